The number of carbonyl (C=O) groups excluding carboxylic acids is 1. The Morgan fingerprint density at radius 3 is 2.74 bits per heavy atom. The first-order valence-corrected chi connectivity index (χ1v) is 7.37. The van der Waals surface area contributed by atoms with Crippen LogP contribution in [0.5, 0.6) is 0 Å². The Morgan fingerprint density at radius 2 is 2.11 bits per heavy atom. The molecular formula is C14H15N3OS. The van der Waals surface area contributed by atoms with Crippen molar-refractivity contribution in [3.05, 3.63) is 36.2 Å². The summed E-state index contributed by atoms with van der Waals surface area (Å²) in [6.07, 6.45) is 2.37. The molecule has 5 heteroatoms. The summed E-state index contributed by atoms with van der Waals surface area (Å²) in [7, 11) is 0. The topological polar surface area (TPSA) is 47.8 Å². The highest BCUT2D eigenvalue weighted by molar-refractivity contribution is 7.99. The Hall–Kier alpha value is -1.62. The van der Waals surface area contributed by atoms with E-state index in [4.69, 9.17) is 0 Å². The van der Waals surface area contributed by atoms with E-state index in [0.717, 1.165) is 11.5 Å². The molecule has 1 aliphatic carbocycles. The number of hydrogen-bond acceptors (Lipinski definition) is 4. The van der Waals surface area contributed by atoms with Gasteiger partial charge in [-0.05, 0) is 31.9 Å². The van der Waals surface area contributed by atoms with E-state index in [1.54, 1.807) is 6.92 Å². The average molecular weight is 273 g/mol. The van der Waals surface area contributed by atoms with Crippen molar-refractivity contribution < 1.29 is 4.79 Å². The van der Waals surface area contributed by atoms with Crippen LogP contribution in [0.2, 0.25) is 0 Å². The van der Waals surface area contributed by atoms with Crippen molar-refractivity contribution in [3.8, 4) is 5.69 Å². The van der Waals surface area contributed by atoms with E-state index in [1.165, 1.54) is 24.6 Å². The number of thioether (sulfide) groups is 1. The number of nitrogens with zero attached hydrogens (tertiary/aromatic N) is 3. The smallest absolute Gasteiger partial charge is 0.209 e. The van der Waals surface area contributed by atoms with Crippen molar-refractivity contribution >= 4 is 17.5 Å². The van der Waals surface area contributed by atoms with Crippen LogP contribution in [-0.2, 0) is 4.79 Å². The lowest BCUT2D eigenvalue weighted by Gasteiger charge is -2.03. The molecule has 0 spiro atoms. The fraction of sp³-hybridized carbons (Fsp3) is 0.357. The van der Waals surface area contributed by atoms with Crippen LogP contribution in [0.1, 0.15) is 31.5 Å². The van der Waals surface area contributed by atoms with Crippen LogP contribution >= 0.6 is 11.8 Å². The van der Waals surface area contributed by atoms with Gasteiger partial charge in [-0.3, -0.25) is 4.79 Å². The highest BCUT2D eigenvalue weighted by Crippen LogP contribution is 2.40. The van der Waals surface area contributed by atoms with Gasteiger partial charge in [-0.15, -0.1) is 5.10 Å². The molecule has 1 saturated carbocycles. The summed E-state index contributed by atoms with van der Waals surface area (Å²) in [5.41, 5.74) is 1.03. The van der Waals surface area contributed by atoms with E-state index in [1.807, 2.05) is 35.0 Å². The van der Waals surface area contributed by atoms with Crippen LogP contribution in [0.25, 0.3) is 5.69 Å². The zero-order valence-electron chi connectivity index (χ0n) is 10.7. The van der Waals surface area contributed by atoms with Crippen molar-refractivity contribution in [2.24, 2.45) is 0 Å². The third-order valence-electron chi connectivity index (χ3n) is 2.96. The SMILES string of the molecule is CC(=O)CSc1nc(C2CC2)n(-c2ccccc2)n1. The average Bonchev–Trinajstić information content (AvgIpc) is 3.17. The molecule has 0 radical (unpaired) electrons. The molecule has 1 aliphatic rings. The van der Waals surface area contributed by atoms with Gasteiger partial charge in [0.2, 0.25) is 5.16 Å². The monoisotopic (exact) mass is 273 g/mol. The Bertz CT molecular complexity index is 590. The van der Waals surface area contributed by atoms with Crippen LogP contribution < -0.4 is 0 Å². The number of rotatable bonds is 5. The Balaban J connectivity index is 1.91. The third kappa shape index (κ3) is 2.87. The van der Waals surface area contributed by atoms with Gasteiger partial charge in [-0.2, -0.15) is 0 Å². The minimum atomic E-state index is 0.147. The zero-order chi connectivity index (χ0) is 13.2. The number of benzene rings is 1. The maximum atomic E-state index is 11.0. The molecule has 1 aromatic heterocycles. The van der Waals surface area contributed by atoms with E-state index in [9.17, 15) is 4.79 Å². The van der Waals surface area contributed by atoms with E-state index in [2.05, 4.69) is 10.1 Å². The maximum absolute atomic E-state index is 11.0. The largest absolute Gasteiger partial charge is 0.299 e. The van der Waals surface area contributed by atoms with Crippen LogP contribution in [0, 0.1) is 0 Å². The van der Waals surface area contributed by atoms with Crippen LogP contribution in [0.15, 0.2) is 35.5 Å². The van der Waals surface area contributed by atoms with Gasteiger partial charge in [-0.25, -0.2) is 9.67 Å². The molecule has 19 heavy (non-hydrogen) atoms. The second-order valence-electron chi connectivity index (χ2n) is 4.76. The third-order valence-corrected chi connectivity index (χ3v) is 3.94. The quantitative estimate of drug-likeness (QED) is 0.786. The first-order valence-electron chi connectivity index (χ1n) is 6.38. The Kier molecular flexibility index (Phi) is 3.38. The fourth-order valence-electron chi connectivity index (χ4n) is 1.90. The minimum Gasteiger partial charge on any atom is -0.299 e. The van der Waals surface area contributed by atoms with Crippen molar-refractivity contribution in [2.45, 2.75) is 30.8 Å². The van der Waals surface area contributed by atoms with Gasteiger partial charge >= 0.3 is 0 Å². The lowest BCUT2D eigenvalue weighted by molar-refractivity contribution is -0.114. The standard InChI is InChI=1S/C14H15N3OS/c1-10(18)9-19-14-15-13(11-7-8-11)17(16-14)12-5-3-2-4-6-12/h2-6,11H,7-9H2,1H3. The van der Waals surface area contributed by atoms with E-state index in [0.29, 0.717) is 16.8 Å². The van der Waals surface area contributed by atoms with Crippen LogP contribution in [0.3, 0.4) is 0 Å². The molecule has 0 saturated heterocycles. The van der Waals surface area contributed by atoms with Crippen LogP contribution in [-0.4, -0.2) is 26.3 Å². The van der Waals surface area contributed by atoms with Crippen molar-refractivity contribution in [1.29, 1.82) is 0 Å². The number of carbonyl (C=O) groups is 1. The molecule has 0 aliphatic heterocycles. The molecule has 0 unspecified atom stereocenters. The summed E-state index contributed by atoms with van der Waals surface area (Å²) in [6, 6.07) is 10.0. The number of ketones is 1. The van der Waals surface area contributed by atoms with Gasteiger partial charge in [0.05, 0.1) is 11.4 Å². The molecule has 0 amide bonds. The Morgan fingerprint density at radius 1 is 1.37 bits per heavy atom. The first-order chi connectivity index (χ1) is 9.24. The van der Waals surface area contributed by atoms with Gasteiger partial charge in [0.15, 0.2) is 0 Å². The second-order valence-corrected chi connectivity index (χ2v) is 5.71. The molecule has 3 rings (SSSR count). The molecule has 0 N–H and O–H groups in total. The van der Waals surface area contributed by atoms with Gasteiger partial charge in [0, 0.05) is 5.92 Å². The Labute approximate surface area is 116 Å². The van der Waals surface area contributed by atoms with Crippen molar-refractivity contribution in [1.82, 2.24) is 14.8 Å². The maximum Gasteiger partial charge on any atom is 0.209 e. The molecule has 1 heterocycles. The van der Waals surface area contributed by atoms with Gasteiger partial charge in [0.1, 0.15) is 11.6 Å². The summed E-state index contributed by atoms with van der Waals surface area (Å²) in [5, 5.41) is 5.23. The molecule has 1 fully saturated rings. The van der Waals surface area contributed by atoms with Crippen molar-refractivity contribution in [2.75, 3.05) is 5.75 Å². The molecule has 1 aromatic carbocycles. The summed E-state index contributed by atoms with van der Waals surface area (Å²) in [5.74, 6) is 2.13. The first kappa shape index (κ1) is 12.4. The van der Waals surface area contributed by atoms with Gasteiger partial charge in [-0.1, -0.05) is 30.0 Å². The number of aromatic nitrogens is 3. The number of Topliss-reactive ketones (excluding diaryl/α,β-unsaturated/α-hetero) is 1. The predicted molar refractivity (Wildman–Crippen MR) is 74.7 cm³/mol. The zero-order valence-corrected chi connectivity index (χ0v) is 11.6. The highest BCUT2D eigenvalue weighted by Gasteiger charge is 2.30. The lowest BCUT2D eigenvalue weighted by atomic mass is 10.3. The number of hydrogen-bond donors (Lipinski definition) is 0. The lowest BCUT2D eigenvalue weighted by Crippen LogP contribution is -2.01. The fourth-order valence-corrected chi connectivity index (χ4v) is 2.53. The summed E-state index contributed by atoms with van der Waals surface area (Å²) < 4.78 is 1.92. The number of para-hydroxylation sites is 1. The molecule has 0 atom stereocenters. The predicted octanol–water partition coefficient (Wildman–Crippen LogP) is 2.83. The normalized spacial score (nSPS) is 14.6. The van der Waals surface area contributed by atoms with E-state index < -0.39 is 0 Å². The summed E-state index contributed by atoms with van der Waals surface area (Å²) in [4.78, 5) is 15.6. The van der Waals surface area contributed by atoms with E-state index in [-0.39, 0.29) is 5.78 Å². The molecule has 2 aromatic rings. The minimum absolute atomic E-state index is 0.147. The van der Waals surface area contributed by atoms with Gasteiger partial charge < -0.3 is 0 Å². The van der Waals surface area contributed by atoms with Gasteiger partial charge in [0.25, 0.3) is 0 Å². The molecule has 0 bridgehead atoms. The van der Waals surface area contributed by atoms with E-state index >= 15 is 0 Å². The molecule has 4 nitrogen and oxygen atoms in total. The van der Waals surface area contributed by atoms with Crippen molar-refractivity contribution in [3.63, 3.8) is 0 Å². The molecular weight excluding hydrogens is 258 g/mol. The van der Waals surface area contributed by atoms with Crippen LogP contribution in [0.4, 0.5) is 0 Å². The summed E-state index contributed by atoms with van der Waals surface area (Å²) >= 11 is 1.41. The highest BCUT2D eigenvalue weighted by atomic mass is 32.2. The summed E-state index contributed by atoms with van der Waals surface area (Å²) in [6.45, 7) is 1.59. The second kappa shape index (κ2) is 5.17. The molecule has 98 valence electrons.